The number of hydrogen-bond donors (Lipinski definition) is 2. The summed E-state index contributed by atoms with van der Waals surface area (Å²) in [6.07, 6.45) is 0. The van der Waals surface area contributed by atoms with Crippen molar-refractivity contribution in [1.82, 2.24) is 9.88 Å². The number of rotatable bonds is 7. The topological polar surface area (TPSA) is 74.4 Å². The lowest BCUT2D eigenvalue weighted by Gasteiger charge is -2.23. The molecule has 3 aromatic rings. The van der Waals surface area contributed by atoms with Gasteiger partial charge in [0.25, 0.3) is 0 Å². The molecule has 1 heterocycles. The zero-order chi connectivity index (χ0) is 23.3. The van der Waals surface area contributed by atoms with Crippen molar-refractivity contribution in [3.63, 3.8) is 0 Å². The van der Waals surface area contributed by atoms with Crippen molar-refractivity contribution in [2.45, 2.75) is 47.7 Å². The summed E-state index contributed by atoms with van der Waals surface area (Å²) >= 11 is 0. The first-order chi connectivity index (χ1) is 15.3. The van der Waals surface area contributed by atoms with Gasteiger partial charge in [-0.15, -0.1) is 0 Å². The van der Waals surface area contributed by atoms with Crippen molar-refractivity contribution >= 4 is 17.7 Å². The van der Waals surface area contributed by atoms with Crippen LogP contribution in [-0.2, 0) is 17.8 Å². The molecule has 0 atom stereocenters. The third kappa shape index (κ3) is 5.38. The molecular formula is C26H31N3O3. The Morgan fingerprint density at radius 2 is 1.69 bits per heavy atom. The van der Waals surface area contributed by atoms with Crippen LogP contribution in [0.5, 0.6) is 0 Å². The van der Waals surface area contributed by atoms with Gasteiger partial charge in [0.15, 0.2) is 0 Å². The van der Waals surface area contributed by atoms with Crippen LogP contribution in [0.3, 0.4) is 0 Å². The number of ether oxygens (including phenoxy) is 1. The van der Waals surface area contributed by atoms with Gasteiger partial charge in [0.1, 0.15) is 0 Å². The van der Waals surface area contributed by atoms with E-state index in [1.165, 1.54) is 5.56 Å². The third-order valence-corrected chi connectivity index (χ3v) is 5.63. The number of aryl methyl sites for hydroxylation is 3. The van der Waals surface area contributed by atoms with Crippen LogP contribution in [0.15, 0.2) is 48.5 Å². The molecule has 32 heavy (non-hydrogen) atoms. The van der Waals surface area contributed by atoms with Crippen molar-refractivity contribution in [2.75, 3.05) is 11.9 Å². The number of nitrogens with zero attached hydrogens (tertiary/aromatic N) is 1. The highest BCUT2D eigenvalue weighted by molar-refractivity contribution is 5.93. The number of anilines is 1. The van der Waals surface area contributed by atoms with Gasteiger partial charge in [-0.3, -0.25) is 0 Å². The second-order valence-electron chi connectivity index (χ2n) is 8.02. The number of urea groups is 1. The maximum absolute atomic E-state index is 13.3. The van der Waals surface area contributed by atoms with E-state index in [9.17, 15) is 9.59 Å². The van der Waals surface area contributed by atoms with E-state index in [1.807, 2.05) is 76.2 Å². The molecule has 0 radical (unpaired) electrons. The Hall–Kier alpha value is -3.54. The molecule has 0 aliphatic heterocycles. The monoisotopic (exact) mass is 433 g/mol. The Bertz CT molecular complexity index is 1100. The van der Waals surface area contributed by atoms with Gasteiger partial charge in [0, 0.05) is 23.6 Å². The molecule has 0 bridgehead atoms. The van der Waals surface area contributed by atoms with Crippen LogP contribution >= 0.6 is 0 Å². The minimum Gasteiger partial charge on any atom is -0.462 e. The molecule has 0 saturated carbocycles. The fourth-order valence-electron chi connectivity index (χ4n) is 3.70. The average Bonchev–Trinajstić information content (AvgIpc) is 3.04. The molecule has 0 unspecified atom stereocenters. The number of carbonyl (C=O) groups is 2. The predicted molar refractivity (Wildman–Crippen MR) is 127 cm³/mol. The number of hydrogen-bond acceptors (Lipinski definition) is 3. The summed E-state index contributed by atoms with van der Waals surface area (Å²) in [5.74, 6) is -0.348. The molecule has 0 saturated heterocycles. The summed E-state index contributed by atoms with van der Waals surface area (Å²) in [5, 5.41) is 3.02. The normalized spacial score (nSPS) is 10.7. The lowest BCUT2D eigenvalue weighted by Crippen LogP contribution is -2.34. The molecule has 2 N–H and O–H groups in total. The second-order valence-corrected chi connectivity index (χ2v) is 8.02. The first-order valence-corrected chi connectivity index (χ1v) is 10.8. The van der Waals surface area contributed by atoms with Crippen LogP contribution < -0.4 is 5.32 Å². The number of H-pyrrole nitrogens is 1. The van der Waals surface area contributed by atoms with Crippen molar-refractivity contribution in [3.8, 4) is 0 Å². The number of esters is 1. The highest BCUT2D eigenvalue weighted by atomic mass is 16.5. The smallest absolute Gasteiger partial charge is 0.340 e. The van der Waals surface area contributed by atoms with Crippen LogP contribution in [-0.4, -0.2) is 28.5 Å². The van der Waals surface area contributed by atoms with Crippen LogP contribution in [0.25, 0.3) is 0 Å². The average molecular weight is 434 g/mol. The molecule has 2 amide bonds. The molecule has 3 rings (SSSR count). The molecular weight excluding hydrogens is 402 g/mol. The summed E-state index contributed by atoms with van der Waals surface area (Å²) in [6.45, 7) is 10.7. The first-order valence-electron chi connectivity index (χ1n) is 10.8. The summed E-state index contributed by atoms with van der Waals surface area (Å²) in [6, 6.07) is 15.5. The maximum Gasteiger partial charge on any atom is 0.340 e. The van der Waals surface area contributed by atoms with E-state index in [0.29, 0.717) is 25.3 Å². The standard InChI is InChI=1S/C26H31N3O3/c1-6-32-25(30)24-19(4)23(27-20(24)5)16-29(15-21-10-8-7-9-11-21)26(31)28-22-13-12-17(2)18(3)14-22/h7-14,27H,6,15-16H2,1-5H3,(H,28,31). The summed E-state index contributed by atoms with van der Waals surface area (Å²) in [7, 11) is 0. The summed E-state index contributed by atoms with van der Waals surface area (Å²) in [5.41, 5.74) is 6.97. The fourth-order valence-corrected chi connectivity index (χ4v) is 3.70. The van der Waals surface area contributed by atoms with Crippen molar-refractivity contribution < 1.29 is 14.3 Å². The van der Waals surface area contributed by atoms with Crippen LogP contribution in [0.4, 0.5) is 10.5 Å². The SMILES string of the molecule is CCOC(=O)c1c(C)[nH]c(CN(Cc2ccccc2)C(=O)Nc2ccc(C)c(C)c2)c1C. The van der Waals surface area contributed by atoms with Gasteiger partial charge in [-0.05, 0) is 69.0 Å². The van der Waals surface area contributed by atoms with Crippen molar-refractivity contribution in [1.29, 1.82) is 0 Å². The quantitative estimate of drug-likeness (QED) is 0.472. The highest BCUT2D eigenvalue weighted by Crippen LogP contribution is 2.22. The number of aromatic nitrogens is 1. The minimum absolute atomic E-state index is 0.207. The Kier molecular flexibility index (Phi) is 7.36. The van der Waals surface area contributed by atoms with Gasteiger partial charge in [-0.25, -0.2) is 9.59 Å². The van der Waals surface area contributed by atoms with E-state index in [0.717, 1.165) is 33.8 Å². The van der Waals surface area contributed by atoms with Crippen molar-refractivity contribution in [2.24, 2.45) is 0 Å². The van der Waals surface area contributed by atoms with E-state index in [4.69, 9.17) is 4.74 Å². The van der Waals surface area contributed by atoms with E-state index in [-0.39, 0.29) is 12.0 Å². The van der Waals surface area contributed by atoms with Gasteiger partial charge in [0.05, 0.1) is 18.7 Å². The molecule has 0 fully saturated rings. The molecule has 6 nitrogen and oxygen atoms in total. The summed E-state index contributed by atoms with van der Waals surface area (Å²) in [4.78, 5) is 30.7. The zero-order valence-electron chi connectivity index (χ0n) is 19.4. The zero-order valence-corrected chi connectivity index (χ0v) is 19.4. The lowest BCUT2D eigenvalue weighted by molar-refractivity contribution is 0.0525. The molecule has 168 valence electrons. The van der Waals surface area contributed by atoms with Crippen molar-refractivity contribution in [3.05, 3.63) is 87.7 Å². The third-order valence-electron chi connectivity index (χ3n) is 5.63. The van der Waals surface area contributed by atoms with Gasteiger partial charge in [0.2, 0.25) is 0 Å². The van der Waals surface area contributed by atoms with Gasteiger partial charge in [-0.1, -0.05) is 36.4 Å². The number of amides is 2. The Morgan fingerprint density at radius 1 is 0.969 bits per heavy atom. The van der Waals surface area contributed by atoms with E-state index < -0.39 is 0 Å². The van der Waals surface area contributed by atoms with Gasteiger partial charge < -0.3 is 19.9 Å². The highest BCUT2D eigenvalue weighted by Gasteiger charge is 2.23. The molecule has 0 aliphatic rings. The molecule has 2 aromatic carbocycles. The first kappa shape index (κ1) is 23.1. The van der Waals surface area contributed by atoms with E-state index in [2.05, 4.69) is 10.3 Å². The molecule has 0 aliphatic carbocycles. The second kappa shape index (κ2) is 10.2. The largest absolute Gasteiger partial charge is 0.462 e. The number of aromatic amines is 1. The lowest BCUT2D eigenvalue weighted by atomic mass is 10.1. The van der Waals surface area contributed by atoms with Crippen LogP contribution in [0.1, 0.15) is 50.9 Å². The van der Waals surface area contributed by atoms with E-state index >= 15 is 0 Å². The summed E-state index contributed by atoms with van der Waals surface area (Å²) < 4.78 is 5.20. The Labute approximate surface area is 189 Å². The minimum atomic E-state index is -0.348. The van der Waals surface area contributed by atoms with Crippen LogP contribution in [0, 0.1) is 27.7 Å². The number of carbonyl (C=O) groups excluding carboxylic acids is 2. The van der Waals surface area contributed by atoms with Gasteiger partial charge >= 0.3 is 12.0 Å². The molecule has 1 aromatic heterocycles. The Balaban J connectivity index is 1.88. The number of nitrogens with one attached hydrogen (secondary N) is 2. The molecule has 0 spiro atoms. The van der Waals surface area contributed by atoms with Crippen LogP contribution in [0.2, 0.25) is 0 Å². The molecule has 6 heteroatoms. The fraction of sp³-hybridized carbons (Fsp3) is 0.308. The maximum atomic E-state index is 13.3. The Morgan fingerprint density at radius 3 is 2.34 bits per heavy atom. The van der Waals surface area contributed by atoms with Gasteiger partial charge in [-0.2, -0.15) is 0 Å². The predicted octanol–water partition coefficient (Wildman–Crippen LogP) is 5.66. The number of benzene rings is 2. The van der Waals surface area contributed by atoms with E-state index in [1.54, 1.807) is 11.8 Å².